The van der Waals surface area contributed by atoms with E-state index in [-0.39, 0.29) is 5.56 Å². The summed E-state index contributed by atoms with van der Waals surface area (Å²) < 4.78 is 21.1. The second kappa shape index (κ2) is 9.10. The average Bonchev–Trinajstić information content (AvgIpc) is 2.66. The lowest BCUT2D eigenvalue weighted by atomic mass is 9.96. The van der Waals surface area contributed by atoms with Crippen LogP contribution in [0.25, 0.3) is 11.1 Å². The summed E-state index contributed by atoms with van der Waals surface area (Å²) in [6.07, 6.45) is 1.41. The van der Waals surface area contributed by atoms with Crippen molar-refractivity contribution in [2.24, 2.45) is 0 Å². The van der Waals surface area contributed by atoms with Gasteiger partial charge in [-0.2, -0.15) is 0 Å². The summed E-state index contributed by atoms with van der Waals surface area (Å²) in [6, 6.07) is 9.01. The number of hydrogen-bond acceptors (Lipinski definition) is 5. The van der Waals surface area contributed by atoms with Gasteiger partial charge in [0.1, 0.15) is 0 Å². The van der Waals surface area contributed by atoms with Crippen molar-refractivity contribution in [1.29, 1.82) is 0 Å². The van der Waals surface area contributed by atoms with Gasteiger partial charge in [0.15, 0.2) is 11.5 Å². The van der Waals surface area contributed by atoms with Gasteiger partial charge in [-0.15, -0.1) is 0 Å². The van der Waals surface area contributed by atoms with Gasteiger partial charge in [0.25, 0.3) is 0 Å². The normalized spacial score (nSPS) is 10.5. The Morgan fingerprint density at radius 2 is 1.58 bits per heavy atom. The lowest BCUT2D eigenvalue weighted by molar-refractivity contribution is 0.0695. The highest BCUT2D eigenvalue weighted by Crippen LogP contribution is 2.41. The maximum absolute atomic E-state index is 11.7. The second-order valence-electron chi connectivity index (χ2n) is 5.69. The standard InChI is InChI=1S/C20H24O6/c1-23-9-5-6-13-7-8-14(10-16(13)20(21)22)15-11-17(24-2)19(26-4)18(12-15)25-3/h7-8,10-12H,5-6,9H2,1-4H3,(H,21,22). The third kappa shape index (κ3) is 4.26. The Kier molecular flexibility index (Phi) is 6.86. The molecule has 0 saturated heterocycles. The molecule has 1 N–H and O–H groups in total. The molecule has 6 heteroatoms. The Balaban J connectivity index is 2.48. The molecule has 0 spiro atoms. The summed E-state index contributed by atoms with van der Waals surface area (Å²) in [7, 11) is 6.26. The maximum atomic E-state index is 11.7. The zero-order valence-corrected chi connectivity index (χ0v) is 15.5. The Hall–Kier alpha value is -2.73. The molecule has 0 unspecified atom stereocenters. The molecule has 2 aromatic carbocycles. The Morgan fingerprint density at radius 1 is 0.923 bits per heavy atom. The van der Waals surface area contributed by atoms with E-state index in [4.69, 9.17) is 18.9 Å². The fraction of sp³-hybridized carbons (Fsp3) is 0.350. The van der Waals surface area contributed by atoms with Gasteiger partial charge in [-0.05, 0) is 47.7 Å². The average molecular weight is 360 g/mol. The Labute approximate surface area is 153 Å². The molecule has 0 fully saturated rings. The van der Waals surface area contributed by atoms with E-state index in [0.29, 0.717) is 30.3 Å². The van der Waals surface area contributed by atoms with Crippen molar-refractivity contribution in [1.82, 2.24) is 0 Å². The van der Waals surface area contributed by atoms with Crippen molar-refractivity contribution < 1.29 is 28.8 Å². The van der Waals surface area contributed by atoms with Gasteiger partial charge in [0.2, 0.25) is 5.75 Å². The van der Waals surface area contributed by atoms with E-state index in [1.54, 1.807) is 39.5 Å². The molecule has 0 amide bonds. The monoisotopic (exact) mass is 360 g/mol. The summed E-state index contributed by atoms with van der Waals surface area (Å²) in [4.78, 5) is 11.7. The number of methoxy groups -OCH3 is 4. The van der Waals surface area contributed by atoms with E-state index in [9.17, 15) is 9.90 Å². The zero-order valence-electron chi connectivity index (χ0n) is 15.5. The van der Waals surface area contributed by atoms with Gasteiger partial charge in [0.05, 0.1) is 26.9 Å². The van der Waals surface area contributed by atoms with Crippen LogP contribution in [0, 0.1) is 0 Å². The predicted octanol–water partition coefficient (Wildman–Crippen LogP) is 3.66. The molecule has 0 aliphatic rings. The van der Waals surface area contributed by atoms with Crippen molar-refractivity contribution in [3.63, 3.8) is 0 Å². The molecule has 0 bridgehead atoms. The maximum Gasteiger partial charge on any atom is 0.335 e. The lowest BCUT2D eigenvalue weighted by Crippen LogP contribution is -2.04. The smallest absolute Gasteiger partial charge is 0.335 e. The molecule has 2 rings (SSSR count). The number of aryl methyl sites for hydroxylation is 1. The summed E-state index contributed by atoms with van der Waals surface area (Å²) in [5.74, 6) is 0.575. The molecular weight excluding hydrogens is 336 g/mol. The Morgan fingerprint density at radius 3 is 2.08 bits per heavy atom. The first-order chi connectivity index (χ1) is 12.5. The minimum Gasteiger partial charge on any atom is -0.493 e. The number of carboxylic acid groups (broad SMARTS) is 1. The van der Waals surface area contributed by atoms with Crippen molar-refractivity contribution in [2.75, 3.05) is 35.0 Å². The summed E-state index contributed by atoms with van der Waals surface area (Å²) in [6.45, 7) is 0.591. The van der Waals surface area contributed by atoms with Gasteiger partial charge in [-0.3, -0.25) is 0 Å². The highest BCUT2D eigenvalue weighted by Gasteiger charge is 2.16. The molecule has 0 heterocycles. The fourth-order valence-electron chi connectivity index (χ4n) is 2.83. The van der Waals surface area contributed by atoms with E-state index in [1.807, 2.05) is 12.1 Å². The minimum atomic E-state index is -0.952. The molecule has 0 saturated carbocycles. The molecule has 26 heavy (non-hydrogen) atoms. The highest BCUT2D eigenvalue weighted by atomic mass is 16.5. The van der Waals surface area contributed by atoms with Crippen LogP contribution in [0.4, 0.5) is 0 Å². The van der Waals surface area contributed by atoms with Crippen LogP contribution in [0.15, 0.2) is 30.3 Å². The predicted molar refractivity (Wildman–Crippen MR) is 98.7 cm³/mol. The number of ether oxygens (including phenoxy) is 4. The molecule has 0 aliphatic carbocycles. The van der Waals surface area contributed by atoms with Crippen LogP contribution in [0.1, 0.15) is 22.3 Å². The zero-order chi connectivity index (χ0) is 19.1. The summed E-state index contributed by atoms with van der Waals surface area (Å²) in [5, 5.41) is 9.58. The van der Waals surface area contributed by atoms with E-state index in [1.165, 1.54) is 7.11 Å². The fourth-order valence-corrected chi connectivity index (χ4v) is 2.83. The minimum absolute atomic E-state index is 0.285. The Bertz CT molecular complexity index is 744. The topological polar surface area (TPSA) is 74.2 Å². The van der Waals surface area contributed by atoms with Crippen LogP contribution >= 0.6 is 0 Å². The molecule has 0 radical (unpaired) electrons. The van der Waals surface area contributed by atoms with Crippen molar-refractivity contribution in [3.05, 3.63) is 41.5 Å². The third-order valence-corrected chi connectivity index (χ3v) is 4.13. The van der Waals surface area contributed by atoms with Gasteiger partial charge in [-0.25, -0.2) is 4.79 Å². The van der Waals surface area contributed by atoms with Crippen LogP contribution < -0.4 is 14.2 Å². The summed E-state index contributed by atoms with van der Waals surface area (Å²) in [5.41, 5.74) is 2.61. The number of carbonyl (C=O) groups is 1. The second-order valence-corrected chi connectivity index (χ2v) is 5.69. The molecular formula is C20H24O6. The first kappa shape index (κ1) is 19.6. The quantitative estimate of drug-likeness (QED) is 0.688. The molecule has 140 valence electrons. The molecule has 0 aromatic heterocycles. The van der Waals surface area contributed by atoms with E-state index in [0.717, 1.165) is 23.1 Å². The molecule has 6 nitrogen and oxygen atoms in total. The van der Waals surface area contributed by atoms with Crippen molar-refractivity contribution in [2.45, 2.75) is 12.8 Å². The third-order valence-electron chi connectivity index (χ3n) is 4.13. The molecule has 0 atom stereocenters. The van der Waals surface area contributed by atoms with Crippen LogP contribution in [-0.4, -0.2) is 46.1 Å². The van der Waals surface area contributed by atoms with Crippen LogP contribution in [-0.2, 0) is 11.2 Å². The van der Waals surface area contributed by atoms with Gasteiger partial charge in [-0.1, -0.05) is 12.1 Å². The number of rotatable bonds is 9. The van der Waals surface area contributed by atoms with Gasteiger partial charge < -0.3 is 24.1 Å². The van der Waals surface area contributed by atoms with Crippen molar-refractivity contribution >= 4 is 5.97 Å². The van der Waals surface area contributed by atoms with Crippen molar-refractivity contribution in [3.8, 4) is 28.4 Å². The molecule has 2 aromatic rings. The van der Waals surface area contributed by atoms with Gasteiger partial charge >= 0.3 is 5.97 Å². The largest absolute Gasteiger partial charge is 0.493 e. The number of benzene rings is 2. The highest BCUT2D eigenvalue weighted by molar-refractivity contribution is 5.91. The number of hydrogen-bond donors (Lipinski definition) is 1. The van der Waals surface area contributed by atoms with Crippen LogP contribution in [0.2, 0.25) is 0 Å². The van der Waals surface area contributed by atoms with Gasteiger partial charge in [0, 0.05) is 13.7 Å². The van der Waals surface area contributed by atoms with E-state index >= 15 is 0 Å². The van der Waals surface area contributed by atoms with E-state index in [2.05, 4.69) is 0 Å². The first-order valence-electron chi connectivity index (χ1n) is 8.21. The first-order valence-corrected chi connectivity index (χ1v) is 8.21. The number of carboxylic acids is 1. The van der Waals surface area contributed by atoms with E-state index < -0.39 is 5.97 Å². The lowest BCUT2D eigenvalue weighted by Gasteiger charge is -2.15. The summed E-state index contributed by atoms with van der Waals surface area (Å²) >= 11 is 0. The van der Waals surface area contributed by atoms with Crippen LogP contribution in [0.3, 0.4) is 0 Å². The SMILES string of the molecule is COCCCc1ccc(-c2cc(OC)c(OC)c(OC)c2)cc1C(=O)O. The molecule has 0 aliphatic heterocycles. The van der Waals surface area contributed by atoms with Crippen LogP contribution in [0.5, 0.6) is 17.2 Å². The number of aromatic carboxylic acids is 1.